The predicted molar refractivity (Wildman–Crippen MR) is 52.4 cm³/mol. The van der Waals surface area contributed by atoms with Crippen molar-refractivity contribution in [1.29, 1.82) is 0 Å². The molecule has 86 valence electrons. The zero-order chi connectivity index (χ0) is 12.5. The smallest absolute Gasteiger partial charge is 0.377 e. The second kappa shape index (κ2) is 4.38. The SMILES string of the molecule is CC(C)c1cc(C(=O)C(=O)O)c(F)cc1F. The molecule has 0 radical (unpaired) electrons. The lowest BCUT2D eigenvalue weighted by Gasteiger charge is -2.09. The molecule has 5 heteroatoms. The van der Waals surface area contributed by atoms with Gasteiger partial charge in [-0.3, -0.25) is 4.79 Å². The highest BCUT2D eigenvalue weighted by atomic mass is 19.1. The second-order valence-electron chi connectivity index (χ2n) is 3.64. The van der Waals surface area contributed by atoms with E-state index >= 15 is 0 Å². The molecule has 0 fully saturated rings. The summed E-state index contributed by atoms with van der Waals surface area (Å²) in [6.07, 6.45) is 0. The van der Waals surface area contributed by atoms with Crippen LogP contribution in [0, 0.1) is 11.6 Å². The van der Waals surface area contributed by atoms with Gasteiger partial charge in [-0.05, 0) is 17.5 Å². The van der Waals surface area contributed by atoms with Crippen LogP contribution in [-0.4, -0.2) is 16.9 Å². The molecule has 3 nitrogen and oxygen atoms in total. The van der Waals surface area contributed by atoms with Crippen LogP contribution in [0.25, 0.3) is 0 Å². The summed E-state index contributed by atoms with van der Waals surface area (Å²) in [6, 6.07) is 1.48. The third-order valence-corrected chi connectivity index (χ3v) is 2.15. The van der Waals surface area contributed by atoms with Gasteiger partial charge in [0.2, 0.25) is 0 Å². The Morgan fingerprint density at radius 2 is 1.75 bits per heavy atom. The Hall–Kier alpha value is -1.78. The van der Waals surface area contributed by atoms with E-state index in [1.165, 1.54) is 0 Å². The maximum atomic E-state index is 13.2. The molecule has 0 amide bonds. The summed E-state index contributed by atoms with van der Waals surface area (Å²) in [5, 5.41) is 8.45. The minimum absolute atomic E-state index is 0.117. The van der Waals surface area contributed by atoms with Gasteiger partial charge in [0.1, 0.15) is 11.6 Å². The van der Waals surface area contributed by atoms with Gasteiger partial charge >= 0.3 is 5.97 Å². The molecule has 1 aromatic carbocycles. The van der Waals surface area contributed by atoms with Crippen molar-refractivity contribution >= 4 is 11.8 Å². The molecule has 0 saturated carbocycles. The first kappa shape index (κ1) is 12.3. The van der Waals surface area contributed by atoms with Gasteiger partial charge in [-0.1, -0.05) is 13.8 Å². The van der Waals surface area contributed by atoms with Crippen LogP contribution in [0.1, 0.15) is 35.7 Å². The van der Waals surface area contributed by atoms with Crippen molar-refractivity contribution < 1.29 is 23.5 Å². The molecule has 0 saturated heterocycles. The van der Waals surface area contributed by atoms with Crippen molar-refractivity contribution in [3.05, 3.63) is 34.9 Å². The van der Waals surface area contributed by atoms with Crippen LogP contribution in [0.4, 0.5) is 8.78 Å². The summed E-state index contributed by atoms with van der Waals surface area (Å²) in [5.41, 5.74) is -0.497. The van der Waals surface area contributed by atoms with Crippen LogP contribution in [-0.2, 0) is 4.79 Å². The molecule has 0 aliphatic rings. The van der Waals surface area contributed by atoms with Crippen molar-refractivity contribution in [2.24, 2.45) is 0 Å². The van der Waals surface area contributed by atoms with Crippen LogP contribution in [0.15, 0.2) is 12.1 Å². The van der Waals surface area contributed by atoms with Gasteiger partial charge in [-0.15, -0.1) is 0 Å². The summed E-state index contributed by atoms with van der Waals surface area (Å²) in [4.78, 5) is 21.5. The Labute approximate surface area is 90.7 Å². The molecule has 1 aromatic rings. The molecular weight excluding hydrogens is 218 g/mol. The van der Waals surface area contributed by atoms with Crippen molar-refractivity contribution in [2.75, 3.05) is 0 Å². The van der Waals surface area contributed by atoms with E-state index in [1.54, 1.807) is 13.8 Å². The van der Waals surface area contributed by atoms with Crippen molar-refractivity contribution in [3.63, 3.8) is 0 Å². The highest BCUT2D eigenvalue weighted by molar-refractivity contribution is 6.39. The fourth-order valence-corrected chi connectivity index (χ4v) is 1.30. The number of carbonyl (C=O) groups excluding carboxylic acids is 1. The molecular formula is C11H10F2O3. The van der Waals surface area contributed by atoms with Gasteiger partial charge in [0.25, 0.3) is 5.78 Å². The number of carbonyl (C=O) groups is 2. The fraction of sp³-hybridized carbons (Fsp3) is 0.273. The minimum atomic E-state index is -1.76. The number of rotatable bonds is 3. The molecule has 0 unspecified atom stereocenters. The van der Waals surface area contributed by atoms with Crippen molar-refractivity contribution in [1.82, 2.24) is 0 Å². The number of benzene rings is 1. The van der Waals surface area contributed by atoms with Crippen LogP contribution in [0.5, 0.6) is 0 Å². The first-order valence-electron chi connectivity index (χ1n) is 4.61. The summed E-state index contributed by atoms with van der Waals surface area (Å²) in [5.74, 6) is -5.34. The molecule has 0 spiro atoms. The van der Waals surface area contributed by atoms with Gasteiger partial charge in [-0.25, -0.2) is 13.6 Å². The molecule has 0 aromatic heterocycles. The van der Waals surface area contributed by atoms with E-state index < -0.39 is 29.0 Å². The number of carboxylic acids is 1. The molecule has 1 rings (SSSR count). The Balaban J connectivity index is 3.36. The van der Waals surface area contributed by atoms with Crippen molar-refractivity contribution in [3.8, 4) is 0 Å². The lowest BCUT2D eigenvalue weighted by molar-refractivity contribution is -0.131. The molecule has 16 heavy (non-hydrogen) atoms. The average Bonchev–Trinajstić information content (AvgIpc) is 2.16. The predicted octanol–water partition coefficient (Wildman–Crippen LogP) is 2.36. The molecule has 1 N–H and O–H groups in total. The van der Waals surface area contributed by atoms with Gasteiger partial charge in [0, 0.05) is 6.07 Å². The van der Waals surface area contributed by atoms with Crippen LogP contribution in [0.2, 0.25) is 0 Å². The lowest BCUT2D eigenvalue weighted by atomic mass is 9.98. The van der Waals surface area contributed by atoms with Crippen LogP contribution >= 0.6 is 0 Å². The van der Waals surface area contributed by atoms with Crippen molar-refractivity contribution in [2.45, 2.75) is 19.8 Å². The van der Waals surface area contributed by atoms with Gasteiger partial charge in [0.15, 0.2) is 0 Å². The van der Waals surface area contributed by atoms with Gasteiger partial charge in [-0.2, -0.15) is 0 Å². The lowest BCUT2D eigenvalue weighted by Crippen LogP contribution is -2.15. The van der Waals surface area contributed by atoms with E-state index in [0.29, 0.717) is 6.07 Å². The Morgan fingerprint density at radius 1 is 1.19 bits per heavy atom. The second-order valence-corrected chi connectivity index (χ2v) is 3.64. The third-order valence-electron chi connectivity index (χ3n) is 2.15. The standard InChI is InChI=1S/C11H10F2O3/c1-5(2)6-3-7(10(14)11(15)16)9(13)4-8(6)12/h3-5H,1-2H3,(H,15,16). The first-order chi connectivity index (χ1) is 7.34. The van der Waals surface area contributed by atoms with E-state index in [1.807, 2.05) is 0 Å². The molecule has 0 atom stereocenters. The van der Waals surface area contributed by atoms with Gasteiger partial charge < -0.3 is 5.11 Å². The van der Waals surface area contributed by atoms with E-state index in [2.05, 4.69) is 0 Å². The number of halogens is 2. The maximum absolute atomic E-state index is 13.2. The number of ketones is 1. The highest BCUT2D eigenvalue weighted by Gasteiger charge is 2.22. The number of carboxylic acid groups (broad SMARTS) is 1. The summed E-state index contributed by atoms with van der Waals surface area (Å²) in [6.45, 7) is 3.32. The number of Topliss-reactive ketones (excluding diaryl/α,β-unsaturated/α-hetero) is 1. The van der Waals surface area contributed by atoms with E-state index in [0.717, 1.165) is 6.07 Å². The summed E-state index contributed by atoms with van der Waals surface area (Å²) >= 11 is 0. The van der Waals surface area contributed by atoms with Crippen LogP contribution in [0.3, 0.4) is 0 Å². The van der Waals surface area contributed by atoms with Gasteiger partial charge in [0.05, 0.1) is 5.56 Å². The number of aliphatic carboxylic acids is 1. The Morgan fingerprint density at radius 3 is 2.19 bits per heavy atom. The van der Waals surface area contributed by atoms with E-state index in [4.69, 9.17) is 5.11 Å². The van der Waals surface area contributed by atoms with Crippen LogP contribution < -0.4 is 0 Å². The third kappa shape index (κ3) is 2.24. The molecule has 0 heterocycles. The largest absolute Gasteiger partial charge is 0.475 e. The molecule has 0 aliphatic heterocycles. The maximum Gasteiger partial charge on any atom is 0.377 e. The Bertz CT molecular complexity index is 453. The quantitative estimate of drug-likeness (QED) is 0.638. The normalized spacial score (nSPS) is 10.6. The van der Waals surface area contributed by atoms with E-state index in [9.17, 15) is 18.4 Å². The monoisotopic (exact) mass is 228 g/mol. The average molecular weight is 228 g/mol. The molecule has 0 aliphatic carbocycles. The van der Waals surface area contributed by atoms with E-state index in [-0.39, 0.29) is 11.5 Å². The first-order valence-corrected chi connectivity index (χ1v) is 4.61. The highest BCUT2D eigenvalue weighted by Crippen LogP contribution is 2.22. The topological polar surface area (TPSA) is 54.4 Å². The molecule has 0 bridgehead atoms. The number of hydrogen-bond donors (Lipinski definition) is 1. The zero-order valence-electron chi connectivity index (χ0n) is 8.75. The summed E-state index contributed by atoms with van der Waals surface area (Å²) < 4.78 is 26.4. The zero-order valence-corrected chi connectivity index (χ0v) is 8.75. The Kier molecular flexibility index (Phi) is 3.37. The minimum Gasteiger partial charge on any atom is -0.475 e. The number of hydrogen-bond acceptors (Lipinski definition) is 2. The fourth-order valence-electron chi connectivity index (χ4n) is 1.30. The summed E-state index contributed by atoms with van der Waals surface area (Å²) in [7, 11) is 0.